The molecule has 2 aromatic carbocycles. The van der Waals surface area contributed by atoms with Gasteiger partial charge in [0, 0.05) is 60.8 Å². The van der Waals surface area contributed by atoms with E-state index in [-0.39, 0.29) is 11.8 Å². The molecule has 6 rings (SSSR count). The van der Waals surface area contributed by atoms with Gasteiger partial charge in [-0.25, -0.2) is 19.6 Å². The normalized spacial score (nSPS) is 14.2. The van der Waals surface area contributed by atoms with Crippen LogP contribution in [0.5, 0.6) is 0 Å². The average Bonchev–Trinajstić information content (AvgIpc) is 3.45. The fraction of sp³-hybridized carbons (Fsp3) is 0.294. The summed E-state index contributed by atoms with van der Waals surface area (Å²) in [6.45, 7) is 1.67. The van der Waals surface area contributed by atoms with Crippen molar-refractivity contribution in [3.8, 4) is 16.9 Å². The Balaban J connectivity index is 1.14. The molecule has 224 valence electrons. The summed E-state index contributed by atoms with van der Waals surface area (Å²) < 4.78 is 1.94. The van der Waals surface area contributed by atoms with E-state index in [1.54, 1.807) is 31.6 Å². The van der Waals surface area contributed by atoms with Gasteiger partial charge in [0.25, 0.3) is 5.91 Å². The van der Waals surface area contributed by atoms with Crippen molar-refractivity contribution < 1.29 is 9.59 Å². The molecule has 10 nitrogen and oxygen atoms in total. The predicted molar refractivity (Wildman–Crippen MR) is 172 cm³/mol. The zero-order valence-corrected chi connectivity index (χ0v) is 25.2. The highest BCUT2D eigenvalue weighted by Crippen LogP contribution is 2.37. The second kappa shape index (κ2) is 12.6. The molecule has 0 radical (unpaired) electrons. The number of nitrogens with zero attached hydrogens (tertiary/aromatic N) is 6. The fourth-order valence-electron chi connectivity index (χ4n) is 5.71. The van der Waals surface area contributed by atoms with Crippen molar-refractivity contribution in [1.29, 1.82) is 0 Å². The minimum absolute atomic E-state index is 0.315. The molecular formula is C34H36N8O2. The molecule has 0 bridgehead atoms. The van der Waals surface area contributed by atoms with E-state index >= 15 is 0 Å². The van der Waals surface area contributed by atoms with Crippen LogP contribution in [0.2, 0.25) is 0 Å². The van der Waals surface area contributed by atoms with E-state index in [0.29, 0.717) is 23.1 Å². The molecule has 1 aliphatic rings. The number of fused-ring (bicyclic) bond motifs is 1. The van der Waals surface area contributed by atoms with Crippen LogP contribution in [-0.2, 0) is 4.79 Å². The van der Waals surface area contributed by atoms with Gasteiger partial charge < -0.3 is 15.5 Å². The lowest BCUT2D eigenvalue weighted by Gasteiger charge is -2.22. The first-order valence-corrected chi connectivity index (χ1v) is 15.0. The SMILES string of the molecule is C[C@@H](NC(=O)c1ccc2c(C3CCCCC3)n(-c3ccccn3)nc2c1)C(=O)Nc1ccc(-c2cnc(N(C)C)nc2)cc1. The third kappa shape index (κ3) is 6.15. The minimum atomic E-state index is -0.756. The van der Waals surface area contributed by atoms with E-state index in [9.17, 15) is 9.59 Å². The summed E-state index contributed by atoms with van der Waals surface area (Å²) in [4.78, 5) is 41.3. The quantitative estimate of drug-likeness (QED) is 0.237. The molecule has 3 heterocycles. The van der Waals surface area contributed by atoms with E-state index in [4.69, 9.17) is 5.10 Å². The van der Waals surface area contributed by atoms with Crippen molar-refractivity contribution >= 4 is 34.4 Å². The molecule has 1 aliphatic carbocycles. The number of amides is 2. The topological polar surface area (TPSA) is 118 Å². The third-order valence-corrected chi connectivity index (χ3v) is 8.09. The molecule has 2 amide bonds. The van der Waals surface area contributed by atoms with Crippen LogP contribution in [-0.4, -0.2) is 56.7 Å². The first kappa shape index (κ1) is 29.0. The molecule has 1 atom stereocenters. The van der Waals surface area contributed by atoms with Crippen LogP contribution in [0, 0.1) is 0 Å². The summed E-state index contributed by atoms with van der Waals surface area (Å²) >= 11 is 0. The van der Waals surface area contributed by atoms with Gasteiger partial charge in [-0.15, -0.1) is 0 Å². The van der Waals surface area contributed by atoms with Gasteiger partial charge >= 0.3 is 0 Å². The van der Waals surface area contributed by atoms with Gasteiger partial charge in [0.15, 0.2) is 5.82 Å². The summed E-state index contributed by atoms with van der Waals surface area (Å²) in [6, 6.07) is 18.1. The fourth-order valence-corrected chi connectivity index (χ4v) is 5.71. The second-order valence-electron chi connectivity index (χ2n) is 11.5. The number of aromatic nitrogens is 5. The van der Waals surface area contributed by atoms with Crippen LogP contribution < -0.4 is 15.5 Å². The molecule has 3 aromatic heterocycles. The largest absolute Gasteiger partial charge is 0.347 e. The van der Waals surface area contributed by atoms with Crippen LogP contribution in [0.3, 0.4) is 0 Å². The molecule has 44 heavy (non-hydrogen) atoms. The lowest BCUT2D eigenvalue weighted by atomic mass is 9.85. The number of rotatable bonds is 8. The first-order chi connectivity index (χ1) is 21.4. The molecule has 10 heteroatoms. The lowest BCUT2D eigenvalue weighted by molar-refractivity contribution is -0.117. The van der Waals surface area contributed by atoms with E-state index < -0.39 is 6.04 Å². The van der Waals surface area contributed by atoms with Crippen LogP contribution in [0.15, 0.2) is 79.3 Å². The molecule has 0 unspecified atom stereocenters. The summed E-state index contributed by atoms with van der Waals surface area (Å²) in [5.41, 5.74) is 4.78. The van der Waals surface area contributed by atoms with Crippen molar-refractivity contribution in [2.75, 3.05) is 24.3 Å². The minimum Gasteiger partial charge on any atom is -0.347 e. The van der Waals surface area contributed by atoms with Crippen LogP contribution in [0.25, 0.3) is 27.8 Å². The molecule has 5 aromatic rings. The Morgan fingerprint density at radius 1 is 0.909 bits per heavy atom. The van der Waals surface area contributed by atoms with Crippen molar-refractivity contribution in [3.63, 3.8) is 0 Å². The zero-order chi connectivity index (χ0) is 30.6. The van der Waals surface area contributed by atoms with Gasteiger partial charge in [-0.1, -0.05) is 43.5 Å². The number of anilines is 2. The molecule has 0 aliphatic heterocycles. The van der Waals surface area contributed by atoms with Crippen LogP contribution in [0.4, 0.5) is 11.6 Å². The first-order valence-electron chi connectivity index (χ1n) is 15.0. The Morgan fingerprint density at radius 3 is 2.34 bits per heavy atom. The highest BCUT2D eigenvalue weighted by molar-refractivity contribution is 6.02. The number of hydrogen-bond donors (Lipinski definition) is 2. The molecule has 1 fully saturated rings. The van der Waals surface area contributed by atoms with Gasteiger partial charge in [-0.2, -0.15) is 5.10 Å². The maximum atomic E-state index is 13.2. The van der Waals surface area contributed by atoms with E-state index in [1.165, 1.54) is 19.3 Å². The maximum absolute atomic E-state index is 13.2. The monoisotopic (exact) mass is 588 g/mol. The highest BCUT2D eigenvalue weighted by Gasteiger charge is 2.25. The Labute approximate surface area is 256 Å². The van der Waals surface area contributed by atoms with Gasteiger partial charge in [0.1, 0.15) is 6.04 Å². The summed E-state index contributed by atoms with van der Waals surface area (Å²) in [7, 11) is 3.78. The van der Waals surface area contributed by atoms with E-state index in [1.807, 2.05) is 78.3 Å². The Bertz CT molecular complexity index is 1760. The third-order valence-electron chi connectivity index (χ3n) is 8.09. The molecular weight excluding hydrogens is 552 g/mol. The predicted octanol–water partition coefficient (Wildman–Crippen LogP) is 5.75. The Kier molecular flexibility index (Phi) is 8.31. The highest BCUT2D eigenvalue weighted by atomic mass is 16.2. The summed E-state index contributed by atoms with van der Waals surface area (Å²) in [5.74, 6) is 1.15. The van der Waals surface area contributed by atoms with Crippen molar-refractivity contribution in [2.24, 2.45) is 0 Å². The zero-order valence-electron chi connectivity index (χ0n) is 25.2. The molecule has 0 saturated heterocycles. The Morgan fingerprint density at radius 2 is 1.66 bits per heavy atom. The van der Waals surface area contributed by atoms with Crippen molar-refractivity contribution in [2.45, 2.75) is 51.0 Å². The number of nitrogens with one attached hydrogen (secondary N) is 2. The lowest BCUT2D eigenvalue weighted by Crippen LogP contribution is -2.41. The smallest absolute Gasteiger partial charge is 0.251 e. The van der Waals surface area contributed by atoms with Crippen LogP contribution in [0.1, 0.15) is 61.0 Å². The summed E-state index contributed by atoms with van der Waals surface area (Å²) in [5, 5.41) is 11.6. The number of benzene rings is 2. The summed E-state index contributed by atoms with van der Waals surface area (Å²) in [6.07, 6.45) is 11.2. The van der Waals surface area contributed by atoms with E-state index in [2.05, 4.69) is 25.6 Å². The molecule has 1 saturated carbocycles. The number of pyridine rings is 1. The van der Waals surface area contributed by atoms with Crippen molar-refractivity contribution in [1.82, 2.24) is 30.0 Å². The van der Waals surface area contributed by atoms with Gasteiger partial charge in [-0.05, 0) is 61.7 Å². The van der Waals surface area contributed by atoms with Crippen molar-refractivity contribution in [3.05, 3.63) is 90.5 Å². The van der Waals surface area contributed by atoms with Gasteiger partial charge in [0.2, 0.25) is 11.9 Å². The second-order valence-corrected chi connectivity index (χ2v) is 11.5. The standard InChI is InChI=1S/C34H36N8O2/c1-22(32(43)39-27-15-12-23(13-16-27)26-20-36-34(37-21-26)41(2)3)38-33(44)25-14-17-28-29(19-25)40-42(30-11-7-8-18-35-30)31(28)24-9-5-4-6-10-24/h7-8,11-22,24H,4-6,9-10H2,1-3H3,(H,38,44)(H,39,43)/t22-/m1/s1. The van der Waals surface area contributed by atoms with Gasteiger partial charge in [0.05, 0.1) is 11.2 Å². The van der Waals surface area contributed by atoms with Crippen LogP contribution >= 0.6 is 0 Å². The maximum Gasteiger partial charge on any atom is 0.251 e. The average molecular weight is 589 g/mol. The molecule has 0 spiro atoms. The van der Waals surface area contributed by atoms with E-state index in [0.717, 1.165) is 46.4 Å². The Hall–Kier alpha value is -5.12. The molecule has 2 N–H and O–H groups in total. The van der Waals surface area contributed by atoms with Gasteiger partial charge in [-0.3, -0.25) is 9.59 Å². The number of carbonyl (C=O) groups is 2. The number of carbonyl (C=O) groups excluding carboxylic acids is 2. The number of hydrogen-bond acceptors (Lipinski definition) is 7.